The van der Waals surface area contributed by atoms with E-state index in [-0.39, 0.29) is 24.5 Å². The molecule has 0 unspecified atom stereocenters. The minimum absolute atomic E-state index is 0.0512. The molecule has 3 rings (SSSR count). The van der Waals surface area contributed by atoms with Crippen molar-refractivity contribution in [1.29, 1.82) is 0 Å². The normalized spacial score (nSPS) is 12.2. The zero-order valence-electron chi connectivity index (χ0n) is 18.3. The first kappa shape index (κ1) is 23.6. The van der Waals surface area contributed by atoms with E-state index in [0.717, 1.165) is 0 Å². The lowest BCUT2D eigenvalue weighted by Gasteiger charge is -2.13. The van der Waals surface area contributed by atoms with Gasteiger partial charge >= 0.3 is 5.97 Å². The molecule has 0 fully saturated rings. The molecule has 9 heteroatoms. The molecule has 0 saturated heterocycles. The zero-order chi connectivity index (χ0) is 23.6. The van der Waals surface area contributed by atoms with Crippen LogP contribution >= 0.6 is 0 Å². The Balaban J connectivity index is 1.73. The van der Waals surface area contributed by atoms with E-state index in [2.05, 4.69) is 10.6 Å². The maximum atomic E-state index is 12.9. The number of rotatable bonds is 11. The Bertz CT molecular complexity index is 1050. The second-order valence-electron chi connectivity index (χ2n) is 7.29. The molecule has 0 aromatic heterocycles. The number of unbranched alkanes of at least 4 members (excludes halogenated alkanes) is 2. The third-order valence-corrected chi connectivity index (χ3v) is 4.91. The fourth-order valence-electron chi connectivity index (χ4n) is 3.22. The number of para-hydroxylation sites is 1. The van der Waals surface area contributed by atoms with Crippen LogP contribution in [0.3, 0.4) is 0 Å². The van der Waals surface area contributed by atoms with Gasteiger partial charge in [0, 0.05) is 13.0 Å². The number of benzene rings is 2. The fraction of sp³-hybridized carbons (Fsp3) is 0.292. The number of methoxy groups -OCH3 is 1. The number of carbonyl (C=O) groups excluding carboxylic acids is 2. The molecule has 0 spiro atoms. The first-order chi connectivity index (χ1) is 16.0. The van der Waals surface area contributed by atoms with Crippen molar-refractivity contribution in [1.82, 2.24) is 10.6 Å². The summed E-state index contributed by atoms with van der Waals surface area (Å²) < 4.78 is 15.9. The van der Waals surface area contributed by atoms with Crippen molar-refractivity contribution in [2.45, 2.75) is 25.7 Å². The number of amides is 2. The Morgan fingerprint density at radius 1 is 1.06 bits per heavy atom. The summed E-state index contributed by atoms with van der Waals surface area (Å²) in [4.78, 5) is 36.3. The number of hydrogen-bond acceptors (Lipinski definition) is 6. The lowest BCUT2D eigenvalue weighted by Crippen LogP contribution is -2.35. The molecule has 1 aliphatic rings. The van der Waals surface area contributed by atoms with Crippen molar-refractivity contribution in [2.75, 3.05) is 20.4 Å². The van der Waals surface area contributed by atoms with Crippen LogP contribution in [-0.2, 0) is 9.59 Å². The van der Waals surface area contributed by atoms with Gasteiger partial charge in [-0.05, 0) is 48.7 Å². The number of carbonyl (C=O) groups is 3. The van der Waals surface area contributed by atoms with Gasteiger partial charge in [0.05, 0.1) is 12.7 Å². The van der Waals surface area contributed by atoms with Crippen molar-refractivity contribution < 1.29 is 33.7 Å². The van der Waals surface area contributed by atoms with Crippen LogP contribution < -0.4 is 24.8 Å². The van der Waals surface area contributed by atoms with Gasteiger partial charge in [-0.3, -0.25) is 14.4 Å². The van der Waals surface area contributed by atoms with Gasteiger partial charge in [0.25, 0.3) is 11.8 Å². The van der Waals surface area contributed by atoms with Crippen LogP contribution in [0.25, 0.3) is 6.08 Å². The molecule has 2 aromatic rings. The van der Waals surface area contributed by atoms with E-state index in [4.69, 9.17) is 19.3 Å². The minimum atomic E-state index is -0.841. The number of carboxylic acids is 1. The molecular weight excluding hydrogens is 428 g/mol. The molecule has 174 valence electrons. The van der Waals surface area contributed by atoms with Gasteiger partial charge in [-0.2, -0.15) is 0 Å². The molecule has 9 nitrogen and oxygen atoms in total. The summed E-state index contributed by atoms with van der Waals surface area (Å²) >= 11 is 0. The molecule has 3 N–H and O–H groups in total. The van der Waals surface area contributed by atoms with E-state index < -0.39 is 17.8 Å². The van der Waals surface area contributed by atoms with Gasteiger partial charge in [0.1, 0.15) is 11.4 Å². The summed E-state index contributed by atoms with van der Waals surface area (Å²) in [6, 6.07) is 11.9. The smallest absolute Gasteiger partial charge is 0.303 e. The number of aliphatic carboxylic acids is 1. The molecular formula is C24H26N2O7. The van der Waals surface area contributed by atoms with Crippen LogP contribution in [0.15, 0.2) is 48.2 Å². The maximum Gasteiger partial charge on any atom is 0.303 e. The average Bonchev–Trinajstić information content (AvgIpc) is 3.28. The summed E-state index contributed by atoms with van der Waals surface area (Å²) in [7, 11) is 1.46. The standard InChI is InChI=1S/C24H26N2O7/c1-31-19-8-5-4-7-17(19)23(29)26-18(24(30)25-12-6-2-3-9-22(27)28)13-16-10-11-20-21(14-16)33-15-32-20/h4-5,7-8,10-11,13-14H,2-3,6,9,12,15H2,1H3,(H,25,30)(H,26,29)(H,27,28)/b18-13+. The first-order valence-electron chi connectivity index (χ1n) is 10.5. The van der Waals surface area contributed by atoms with Gasteiger partial charge in [-0.1, -0.05) is 24.6 Å². The van der Waals surface area contributed by atoms with E-state index in [0.29, 0.717) is 48.6 Å². The van der Waals surface area contributed by atoms with E-state index in [1.807, 2.05) is 0 Å². The molecule has 0 aliphatic carbocycles. The highest BCUT2D eigenvalue weighted by atomic mass is 16.7. The minimum Gasteiger partial charge on any atom is -0.496 e. The second-order valence-corrected chi connectivity index (χ2v) is 7.29. The summed E-state index contributed by atoms with van der Waals surface area (Å²) in [6.07, 6.45) is 3.47. The molecule has 0 atom stereocenters. The van der Waals surface area contributed by atoms with E-state index in [9.17, 15) is 14.4 Å². The summed E-state index contributed by atoms with van der Waals surface area (Å²) in [6.45, 7) is 0.476. The van der Waals surface area contributed by atoms with Gasteiger partial charge in [-0.15, -0.1) is 0 Å². The van der Waals surface area contributed by atoms with E-state index in [1.54, 1.807) is 48.5 Å². The van der Waals surface area contributed by atoms with Crippen LogP contribution in [0.1, 0.15) is 41.6 Å². The Morgan fingerprint density at radius 2 is 1.85 bits per heavy atom. The highest BCUT2D eigenvalue weighted by Gasteiger charge is 2.18. The maximum absolute atomic E-state index is 12.9. The number of ether oxygens (including phenoxy) is 3. The molecule has 2 amide bonds. The monoisotopic (exact) mass is 454 g/mol. The Labute approximate surface area is 191 Å². The number of hydrogen-bond donors (Lipinski definition) is 3. The zero-order valence-corrected chi connectivity index (χ0v) is 18.3. The topological polar surface area (TPSA) is 123 Å². The summed E-state index contributed by atoms with van der Waals surface area (Å²) in [5.74, 6) is -0.246. The number of fused-ring (bicyclic) bond motifs is 1. The van der Waals surface area contributed by atoms with Crippen molar-refractivity contribution in [2.24, 2.45) is 0 Å². The molecule has 2 aromatic carbocycles. The van der Waals surface area contributed by atoms with Crippen LogP contribution in [0, 0.1) is 0 Å². The van der Waals surface area contributed by atoms with Gasteiger partial charge < -0.3 is 30.0 Å². The van der Waals surface area contributed by atoms with E-state index in [1.165, 1.54) is 7.11 Å². The van der Waals surface area contributed by atoms with Crippen molar-refractivity contribution in [3.05, 3.63) is 59.3 Å². The van der Waals surface area contributed by atoms with Crippen LogP contribution in [-0.4, -0.2) is 43.3 Å². The van der Waals surface area contributed by atoms with Crippen molar-refractivity contribution >= 4 is 23.9 Å². The van der Waals surface area contributed by atoms with E-state index >= 15 is 0 Å². The Hall–Kier alpha value is -4.01. The predicted molar refractivity (Wildman–Crippen MR) is 120 cm³/mol. The van der Waals surface area contributed by atoms with Crippen molar-refractivity contribution in [3.8, 4) is 17.2 Å². The lowest BCUT2D eigenvalue weighted by atomic mass is 10.1. The Morgan fingerprint density at radius 3 is 2.64 bits per heavy atom. The Kier molecular flexibility index (Phi) is 8.29. The number of nitrogens with one attached hydrogen (secondary N) is 2. The highest BCUT2D eigenvalue weighted by Crippen LogP contribution is 2.33. The second kappa shape index (κ2) is 11.6. The average molecular weight is 454 g/mol. The largest absolute Gasteiger partial charge is 0.496 e. The first-order valence-corrected chi connectivity index (χ1v) is 10.5. The van der Waals surface area contributed by atoms with Crippen LogP contribution in [0.4, 0.5) is 0 Å². The van der Waals surface area contributed by atoms with Gasteiger partial charge in [0.2, 0.25) is 6.79 Å². The highest BCUT2D eigenvalue weighted by molar-refractivity contribution is 6.06. The SMILES string of the molecule is COc1ccccc1C(=O)N/C(=C/c1ccc2c(c1)OCO2)C(=O)NCCCCCC(=O)O. The molecule has 0 saturated carbocycles. The molecule has 0 bridgehead atoms. The third kappa shape index (κ3) is 6.73. The number of carboxylic acid groups (broad SMARTS) is 1. The third-order valence-electron chi connectivity index (χ3n) is 4.91. The fourth-order valence-corrected chi connectivity index (χ4v) is 3.22. The molecule has 1 heterocycles. The quantitative estimate of drug-likeness (QED) is 0.352. The summed E-state index contributed by atoms with van der Waals surface area (Å²) in [5.41, 5.74) is 0.986. The molecule has 0 radical (unpaired) electrons. The van der Waals surface area contributed by atoms with Crippen LogP contribution in [0.5, 0.6) is 17.2 Å². The van der Waals surface area contributed by atoms with Crippen molar-refractivity contribution in [3.63, 3.8) is 0 Å². The molecule has 1 aliphatic heterocycles. The van der Waals surface area contributed by atoms with Crippen LogP contribution in [0.2, 0.25) is 0 Å². The molecule has 33 heavy (non-hydrogen) atoms. The summed E-state index contributed by atoms with van der Waals surface area (Å²) in [5, 5.41) is 14.1. The van der Waals surface area contributed by atoms with Gasteiger partial charge in [0.15, 0.2) is 11.5 Å². The lowest BCUT2D eigenvalue weighted by molar-refractivity contribution is -0.137. The van der Waals surface area contributed by atoms with Gasteiger partial charge in [-0.25, -0.2) is 0 Å². The predicted octanol–water partition coefficient (Wildman–Crippen LogP) is 2.96.